The summed E-state index contributed by atoms with van der Waals surface area (Å²) in [5.41, 5.74) is 3.93. The second-order valence-electron chi connectivity index (χ2n) is 5.43. The SMILES string of the molecule is CCOC(=O)/C=C/C(=O)NN=C(c1ccc(Cl)cc1)c1ccc(CSCC)s1. The molecule has 0 unspecified atom stereocenters. The zero-order valence-corrected chi connectivity index (χ0v) is 18.0. The third-order valence-electron chi connectivity index (χ3n) is 3.40. The fraction of sp³-hybridized carbons (Fsp3) is 0.250. The molecule has 0 bridgehead atoms. The van der Waals surface area contributed by atoms with Crippen molar-refractivity contribution in [3.63, 3.8) is 0 Å². The second kappa shape index (κ2) is 11.7. The molecule has 0 saturated heterocycles. The van der Waals surface area contributed by atoms with Gasteiger partial charge < -0.3 is 4.74 Å². The number of nitrogens with one attached hydrogen (secondary N) is 1. The summed E-state index contributed by atoms with van der Waals surface area (Å²) < 4.78 is 4.75. The zero-order valence-electron chi connectivity index (χ0n) is 15.6. The summed E-state index contributed by atoms with van der Waals surface area (Å²) in [7, 11) is 0. The van der Waals surface area contributed by atoms with E-state index in [0.29, 0.717) is 10.7 Å². The lowest BCUT2D eigenvalue weighted by atomic mass is 10.1. The van der Waals surface area contributed by atoms with Crippen LogP contribution in [0.25, 0.3) is 0 Å². The van der Waals surface area contributed by atoms with Crippen molar-refractivity contribution in [1.29, 1.82) is 0 Å². The minimum Gasteiger partial charge on any atom is -0.463 e. The van der Waals surface area contributed by atoms with Crippen LogP contribution in [-0.4, -0.2) is 29.9 Å². The van der Waals surface area contributed by atoms with E-state index in [4.69, 9.17) is 16.3 Å². The van der Waals surface area contributed by atoms with Crippen LogP contribution in [-0.2, 0) is 20.1 Å². The average Bonchev–Trinajstić information content (AvgIpc) is 3.15. The number of rotatable bonds is 9. The fourth-order valence-corrected chi connectivity index (χ4v) is 4.07. The Hall–Kier alpha value is -2.09. The largest absolute Gasteiger partial charge is 0.463 e. The second-order valence-corrected chi connectivity index (χ2v) is 8.31. The Morgan fingerprint density at radius 2 is 1.93 bits per heavy atom. The van der Waals surface area contributed by atoms with Gasteiger partial charge in [0.25, 0.3) is 5.91 Å². The Kier molecular flexibility index (Phi) is 9.27. The summed E-state index contributed by atoms with van der Waals surface area (Å²) in [6, 6.07) is 11.3. The van der Waals surface area contributed by atoms with Crippen molar-refractivity contribution < 1.29 is 14.3 Å². The van der Waals surface area contributed by atoms with Crippen LogP contribution in [0.1, 0.15) is 29.2 Å². The van der Waals surface area contributed by atoms with E-state index in [2.05, 4.69) is 23.5 Å². The summed E-state index contributed by atoms with van der Waals surface area (Å²) in [5.74, 6) is 0.895. The number of ether oxygens (including phenoxy) is 1. The summed E-state index contributed by atoms with van der Waals surface area (Å²) >= 11 is 9.46. The number of amides is 1. The van der Waals surface area contributed by atoms with E-state index in [-0.39, 0.29) is 6.61 Å². The highest BCUT2D eigenvalue weighted by molar-refractivity contribution is 7.98. The molecule has 1 heterocycles. The lowest BCUT2D eigenvalue weighted by molar-refractivity contribution is -0.137. The van der Waals surface area contributed by atoms with Crippen LogP contribution in [0.15, 0.2) is 53.7 Å². The first-order valence-electron chi connectivity index (χ1n) is 8.68. The first-order chi connectivity index (χ1) is 13.5. The van der Waals surface area contributed by atoms with Crippen molar-refractivity contribution in [2.45, 2.75) is 19.6 Å². The van der Waals surface area contributed by atoms with E-state index in [1.165, 1.54) is 4.88 Å². The van der Waals surface area contributed by atoms with Gasteiger partial charge in [-0.1, -0.05) is 30.7 Å². The molecule has 0 atom stereocenters. The third-order valence-corrected chi connectivity index (χ3v) is 5.85. The molecule has 148 valence electrons. The van der Waals surface area contributed by atoms with Crippen molar-refractivity contribution in [1.82, 2.24) is 5.43 Å². The van der Waals surface area contributed by atoms with Gasteiger partial charge >= 0.3 is 5.97 Å². The van der Waals surface area contributed by atoms with Crippen molar-refractivity contribution in [3.8, 4) is 0 Å². The van der Waals surface area contributed by atoms with Crippen LogP contribution in [0.4, 0.5) is 0 Å². The predicted molar refractivity (Wildman–Crippen MR) is 117 cm³/mol. The first kappa shape index (κ1) is 22.2. The third kappa shape index (κ3) is 7.14. The number of halogens is 1. The van der Waals surface area contributed by atoms with Crippen molar-refractivity contribution in [3.05, 3.63) is 68.9 Å². The molecule has 1 amide bonds. The number of esters is 1. The molecule has 5 nitrogen and oxygen atoms in total. The smallest absolute Gasteiger partial charge is 0.330 e. The van der Waals surface area contributed by atoms with Gasteiger partial charge in [-0.15, -0.1) is 11.3 Å². The van der Waals surface area contributed by atoms with Gasteiger partial charge in [-0.05, 0) is 36.9 Å². The molecule has 2 rings (SSSR count). The van der Waals surface area contributed by atoms with Crippen LogP contribution in [0.5, 0.6) is 0 Å². The maximum Gasteiger partial charge on any atom is 0.330 e. The molecule has 0 aliphatic heterocycles. The van der Waals surface area contributed by atoms with Gasteiger partial charge in [-0.2, -0.15) is 16.9 Å². The van der Waals surface area contributed by atoms with Gasteiger partial charge in [-0.25, -0.2) is 10.2 Å². The predicted octanol–water partition coefficient (Wildman–Crippen LogP) is 4.64. The Bertz CT molecular complexity index is 861. The van der Waals surface area contributed by atoms with E-state index >= 15 is 0 Å². The Labute approximate surface area is 177 Å². The van der Waals surface area contributed by atoms with Gasteiger partial charge in [0.1, 0.15) is 5.71 Å². The fourth-order valence-electron chi connectivity index (χ4n) is 2.14. The van der Waals surface area contributed by atoms with Crippen molar-refractivity contribution >= 4 is 52.3 Å². The van der Waals surface area contributed by atoms with E-state index in [0.717, 1.165) is 34.1 Å². The topological polar surface area (TPSA) is 67.8 Å². The van der Waals surface area contributed by atoms with Crippen LogP contribution < -0.4 is 5.43 Å². The highest BCUT2D eigenvalue weighted by Gasteiger charge is 2.11. The molecule has 0 aliphatic rings. The molecular weight excluding hydrogens is 416 g/mol. The molecule has 0 radical (unpaired) electrons. The van der Waals surface area contributed by atoms with Crippen molar-refractivity contribution in [2.24, 2.45) is 5.10 Å². The maximum absolute atomic E-state index is 12.0. The number of thiophene rings is 1. The number of carbonyl (C=O) groups is 2. The molecule has 0 aliphatic carbocycles. The average molecular weight is 437 g/mol. The highest BCUT2D eigenvalue weighted by Crippen LogP contribution is 2.24. The number of nitrogens with zero attached hydrogens (tertiary/aromatic N) is 1. The number of hydrogen-bond donors (Lipinski definition) is 1. The molecule has 28 heavy (non-hydrogen) atoms. The van der Waals surface area contributed by atoms with Gasteiger partial charge in [0, 0.05) is 33.4 Å². The van der Waals surface area contributed by atoms with Gasteiger partial charge in [-0.3, -0.25) is 4.79 Å². The normalized spacial score (nSPS) is 11.6. The van der Waals surface area contributed by atoms with Crippen LogP contribution >= 0.6 is 34.7 Å². The summed E-state index contributed by atoms with van der Waals surface area (Å²) in [6.45, 7) is 4.07. The number of hydrazone groups is 1. The van der Waals surface area contributed by atoms with Crippen LogP contribution in [0, 0.1) is 0 Å². The summed E-state index contributed by atoms with van der Waals surface area (Å²) in [5, 5.41) is 4.91. The minimum atomic E-state index is -0.573. The molecule has 1 aromatic carbocycles. The van der Waals surface area contributed by atoms with E-state index in [1.54, 1.807) is 30.4 Å². The summed E-state index contributed by atoms with van der Waals surface area (Å²) in [6.07, 6.45) is 2.17. The monoisotopic (exact) mass is 436 g/mol. The lowest BCUT2D eigenvalue weighted by Crippen LogP contribution is -2.18. The van der Waals surface area contributed by atoms with Crippen LogP contribution in [0.3, 0.4) is 0 Å². The van der Waals surface area contributed by atoms with Crippen molar-refractivity contribution in [2.75, 3.05) is 12.4 Å². The first-order valence-corrected chi connectivity index (χ1v) is 11.0. The molecule has 0 spiro atoms. The summed E-state index contributed by atoms with van der Waals surface area (Å²) in [4.78, 5) is 25.5. The van der Waals surface area contributed by atoms with Crippen LogP contribution in [0.2, 0.25) is 5.02 Å². The standard InChI is InChI=1S/C20H21ClN2O3S2/c1-3-26-19(25)12-11-18(24)22-23-20(14-5-7-15(21)8-6-14)17-10-9-16(28-17)13-27-4-2/h5-12H,3-4,13H2,1-2H3,(H,22,24)/b12-11+,23-20?. The van der Waals surface area contributed by atoms with Gasteiger partial charge in [0.2, 0.25) is 0 Å². The lowest BCUT2D eigenvalue weighted by Gasteiger charge is -2.05. The Morgan fingerprint density at radius 3 is 2.61 bits per heavy atom. The number of carbonyl (C=O) groups excluding carboxylic acids is 2. The number of thioether (sulfide) groups is 1. The number of benzene rings is 1. The Balaban J connectivity index is 2.22. The molecule has 8 heteroatoms. The highest BCUT2D eigenvalue weighted by atomic mass is 35.5. The molecule has 0 saturated carbocycles. The molecule has 2 aromatic rings. The number of hydrogen-bond acceptors (Lipinski definition) is 6. The quantitative estimate of drug-likeness (QED) is 0.269. The van der Waals surface area contributed by atoms with E-state index < -0.39 is 11.9 Å². The molecule has 0 fully saturated rings. The molecule has 1 aromatic heterocycles. The van der Waals surface area contributed by atoms with E-state index in [9.17, 15) is 9.59 Å². The van der Waals surface area contributed by atoms with E-state index in [1.807, 2.05) is 30.0 Å². The van der Waals surface area contributed by atoms with Gasteiger partial charge in [0.05, 0.1) is 11.5 Å². The molecule has 1 N–H and O–H groups in total. The minimum absolute atomic E-state index is 0.251. The molecular formula is C20H21ClN2O3S2. The maximum atomic E-state index is 12.0. The zero-order chi connectivity index (χ0) is 20.4. The Morgan fingerprint density at radius 1 is 1.18 bits per heavy atom. The van der Waals surface area contributed by atoms with Gasteiger partial charge in [0.15, 0.2) is 0 Å².